The third-order valence-electron chi connectivity index (χ3n) is 4.31. The Balaban J connectivity index is 2.66. The number of rotatable bonds is 1. The molecule has 1 fully saturated rings. The van der Waals surface area contributed by atoms with E-state index in [2.05, 4.69) is 20.8 Å². The molecule has 0 amide bonds. The molecular weight excluding hydrogens is 214 g/mol. The van der Waals surface area contributed by atoms with Crippen molar-refractivity contribution in [3.63, 3.8) is 0 Å². The standard InChI is InChI=1S/C14H27NO2/c1-12-8-6-4-5-7-10-14(2,3)11-9-13(12)15(16)17/h12-13H,4-11H2,1-3H3. The van der Waals surface area contributed by atoms with Gasteiger partial charge in [-0.25, -0.2) is 0 Å². The molecule has 3 nitrogen and oxygen atoms in total. The molecule has 0 radical (unpaired) electrons. The summed E-state index contributed by atoms with van der Waals surface area (Å²) in [4.78, 5) is 11.1. The molecule has 2 atom stereocenters. The lowest BCUT2D eigenvalue weighted by Crippen LogP contribution is -2.29. The van der Waals surface area contributed by atoms with Crippen LogP contribution in [-0.2, 0) is 0 Å². The van der Waals surface area contributed by atoms with Gasteiger partial charge in [-0.15, -0.1) is 0 Å². The Bertz CT molecular complexity index is 251. The van der Waals surface area contributed by atoms with E-state index in [4.69, 9.17) is 0 Å². The number of hydrogen-bond acceptors (Lipinski definition) is 2. The first kappa shape index (κ1) is 14.5. The first-order chi connectivity index (χ1) is 7.92. The summed E-state index contributed by atoms with van der Waals surface area (Å²) >= 11 is 0. The van der Waals surface area contributed by atoms with Gasteiger partial charge in [0, 0.05) is 17.3 Å². The highest BCUT2D eigenvalue weighted by Gasteiger charge is 2.30. The smallest absolute Gasteiger partial charge is 0.215 e. The molecule has 1 saturated carbocycles. The maximum absolute atomic E-state index is 11.1. The monoisotopic (exact) mass is 241 g/mol. The predicted octanol–water partition coefficient (Wildman–Crippen LogP) is 4.43. The van der Waals surface area contributed by atoms with Crippen molar-refractivity contribution in [1.82, 2.24) is 0 Å². The SMILES string of the molecule is CC1CCCCCCC(C)(C)CCC1[N+](=O)[O-]. The predicted molar refractivity (Wildman–Crippen MR) is 70.7 cm³/mol. The van der Waals surface area contributed by atoms with Gasteiger partial charge < -0.3 is 0 Å². The molecule has 0 aromatic heterocycles. The molecule has 1 aliphatic carbocycles. The van der Waals surface area contributed by atoms with Gasteiger partial charge in [-0.3, -0.25) is 10.1 Å². The Morgan fingerprint density at radius 2 is 1.71 bits per heavy atom. The summed E-state index contributed by atoms with van der Waals surface area (Å²) in [5.74, 6) is 0.235. The molecule has 17 heavy (non-hydrogen) atoms. The van der Waals surface area contributed by atoms with Crippen molar-refractivity contribution in [2.75, 3.05) is 0 Å². The van der Waals surface area contributed by atoms with Crippen LogP contribution in [0.15, 0.2) is 0 Å². The van der Waals surface area contributed by atoms with Crippen molar-refractivity contribution in [2.24, 2.45) is 11.3 Å². The second-order valence-electron chi connectivity index (χ2n) is 6.49. The van der Waals surface area contributed by atoms with E-state index < -0.39 is 0 Å². The summed E-state index contributed by atoms with van der Waals surface area (Å²) in [6, 6.07) is -0.327. The van der Waals surface area contributed by atoms with Crippen LogP contribution >= 0.6 is 0 Å². The third kappa shape index (κ3) is 5.05. The lowest BCUT2D eigenvalue weighted by molar-refractivity contribution is -0.533. The zero-order valence-corrected chi connectivity index (χ0v) is 11.6. The van der Waals surface area contributed by atoms with E-state index in [0.717, 1.165) is 25.7 Å². The van der Waals surface area contributed by atoms with Crippen molar-refractivity contribution in [2.45, 2.75) is 78.2 Å². The maximum Gasteiger partial charge on any atom is 0.215 e. The quantitative estimate of drug-likeness (QED) is 0.503. The van der Waals surface area contributed by atoms with Crippen LogP contribution in [0.4, 0.5) is 0 Å². The second kappa shape index (κ2) is 6.36. The van der Waals surface area contributed by atoms with E-state index in [1.807, 2.05) is 0 Å². The third-order valence-corrected chi connectivity index (χ3v) is 4.31. The van der Waals surface area contributed by atoms with Gasteiger partial charge in [-0.2, -0.15) is 0 Å². The van der Waals surface area contributed by atoms with Gasteiger partial charge in [0.1, 0.15) is 0 Å². The molecule has 0 N–H and O–H groups in total. The Kier molecular flexibility index (Phi) is 5.41. The molecule has 0 bridgehead atoms. The van der Waals surface area contributed by atoms with Crippen LogP contribution in [0, 0.1) is 21.4 Å². The van der Waals surface area contributed by atoms with Crippen LogP contribution in [0.5, 0.6) is 0 Å². The molecule has 0 saturated heterocycles. The van der Waals surface area contributed by atoms with Gasteiger partial charge in [-0.1, -0.05) is 46.5 Å². The van der Waals surface area contributed by atoms with Gasteiger partial charge in [0.15, 0.2) is 0 Å². The van der Waals surface area contributed by atoms with Crippen LogP contribution in [0.2, 0.25) is 0 Å². The van der Waals surface area contributed by atoms with Gasteiger partial charge in [0.05, 0.1) is 0 Å². The molecule has 0 heterocycles. The van der Waals surface area contributed by atoms with E-state index in [-0.39, 0.29) is 22.3 Å². The van der Waals surface area contributed by atoms with Crippen LogP contribution in [-0.4, -0.2) is 11.0 Å². The van der Waals surface area contributed by atoms with Crippen LogP contribution < -0.4 is 0 Å². The molecule has 0 spiro atoms. The van der Waals surface area contributed by atoms with E-state index in [1.54, 1.807) is 0 Å². The minimum Gasteiger partial charge on any atom is -0.264 e. The first-order valence-corrected chi connectivity index (χ1v) is 7.06. The zero-order chi connectivity index (χ0) is 12.9. The topological polar surface area (TPSA) is 43.1 Å². The van der Waals surface area contributed by atoms with Gasteiger partial charge >= 0.3 is 0 Å². The fourth-order valence-electron chi connectivity index (χ4n) is 2.88. The Morgan fingerprint density at radius 1 is 1.06 bits per heavy atom. The van der Waals surface area contributed by atoms with Crippen molar-refractivity contribution in [1.29, 1.82) is 0 Å². The molecule has 100 valence electrons. The summed E-state index contributed by atoms with van der Waals surface area (Å²) in [5.41, 5.74) is 0.276. The van der Waals surface area contributed by atoms with Crippen molar-refractivity contribution in [3.05, 3.63) is 10.1 Å². The zero-order valence-electron chi connectivity index (χ0n) is 11.6. The lowest BCUT2D eigenvalue weighted by atomic mass is 9.80. The first-order valence-electron chi connectivity index (χ1n) is 7.06. The lowest BCUT2D eigenvalue weighted by Gasteiger charge is -2.25. The van der Waals surface area contributed by atoms with E-state index in [0.29, 0.717) is 0 Å². The molecule has 1 aliphatic rings. The highest BCUT2D eigenvalue weighted by Crippen LogP contribution is 2.33. The molecule has 0 aromatic carbocycles. The number of nitrogens with zero attached hydrogens (tertiary/aromatic N) is 1. The largest absolute Gasteiger partial charge is 0.264 e. The molecule has 2 unspecified atom stereocenters. The molecule has 0 aromatic rings. The van der Waals surface area contributed by atoms with Gasteiger partial charge in [-0.05, 0) is 24.7 Å². The molecule has 0 aliphatic heterocycles. The van der Waals surface area contributed by atoms with Crippen LogP contribution in [0.25, 0.3) is 0 Å². The van der Waals surface area contributed by atoms with Gasteiger partial charge in [0.2, 0.25) is 6.04 Å². The Labute approximate surface area is 105 Å². The fraction of sp³-hybridized carbons (Fsp3) is 1.00. The summed E-state index contributed by atoms with van der Waals surface area (Å²) in [5, 5.41) is 11.1. The fourth-order valence-corrected chi connectivity index (χ4v) is 2.88. The summed E-state index contributed by atoms with van der Waals surface area (Å²) in [7, 11) is 0. The van der Waals surface area contributed by atoms with E-state index >= 15 is 0 Å². The molecular formula is C14H27NO2. The molecule has 1 rings (SSSR count). The minimum absolute atomic E-state index is 0.0430. The second-order valence-corrected chi connectivity index (χ2v) is 6.49. The van der Waals surface area contributed by atoms with Crippen molar-refractivity contribution >= 4 is 0 Å². The average Bonchev–Trinajstić information content (AvgIpc) is 2.24. The van der Waals surface area contributed by atoms with Crippen molar-refractivity contribution in [3.8, 4) is 0 Å². The normalized spacial score (nSPS) is 31.5. The minimum atomic E-state index is -0.327. The summed E-state index contributed by atoms with van der Waals surface area (Å²) in [6.45, 7) is 6.57. The Morgan fingerprint density at radius 3 is 2.35 bits per heavy atom. The number of hydrogen-bond donors (Lipinski definition) is 0. The summed E-state index contributed by atoms with van der Waals surface area (Å²) < 4.78 is 0. The van der Waals surface area contributed by atoms with Crippen LogP contribution in [0.3, 0.4) is 0 Å². The van der Waals surface area contributed by atoms with E-state index in [9.17, 15) is 10.1 Å². The van der Waals surface area contributed by atoms with Crippen molar-refractivity contribution < 1.29 is 4.92 Å². The highest BCUT2D eigenvalue weighted by atomic mass is 16.6. The van der Waals surface area contributed by atoms with E-state index in [1.165, 1.54) is 25.7 Å². The van der Waals surface area contributed by atoms with Crippen LogP contribution in [0.1, 0.15) is 72.1 Å². The number of nitro groups is 1. The van der Waals surface area contributed by atoms with Gasteiger partial charge in [0.25, 0.3) is 0 Å². The Hall–Kier alpha value is -0.600. The highest BCUT2D eigenvalue weighted by molar-refractivity contribution is 4.75. The average molecular weight is 241 g/mol. The maximum atomic E-state index is 11.1. The summed E-state index contributed by atoms with van der Waals surface area (Å²) in [6.07, 6.45) is 8.95. The molecule has 3 heteroatoms.